The van der Waals surface area contributed by atoms with Crippen molar-refractivity contribution in [3.05, 3.63) is 53.5 Å². The van der Waals surface area contributed by atoms with Gasteiger partial charge < -0.3 is 9.09 Å². The summed E-state index contributed by atoms with van der Waals surface area (Å²) in [5.41, 5.74) is 2.64. The lowest BCUT2D eigenvalue weighted by Crippen LogP contribution is -1.98. The van der Waals surface area contributed by atoms with Crippen molar-refractivity contribution in [2.45, 2.75) is 20.4 Å². The molecule has 3 aromatic rings. The Bertz CT molecular complexity index is 752. The molecule has 0 saturated carbocycles. The minimum absolute atomic E-state index is 0.0753. The first-order valence-electron chi connectivity index (χ1n) is 6.16. The molecule has 0 aliphatic heterocycles. The summed E-state index contributed by atoms with van der Waals surface area (Å²) in [5.74, 6) is 0.865. The van der Waals surface area contributed by atoms with Crippen molar-refractivity contribution in [3.63, 3.8) is 0 Å². The Kier molecular flexibility index (Phi) is 2.71. The highest BCUT2D eigenvalue weighted by Gasteiger charge is 2.12. The maximum atomic E-state index is 11.7. The van der Waals surface area contributed by atoms with Crippen LogP contribution in [0.5, 0.6) is 0 Å². The lowest BCUT2D eigenvalue weighted by Gasteiger charge is -2.01. The molecule has 0 spiro atoms. The summed E-state index contributed by atoms with van der Waals surface area (Å²) >= 11 is 0. The second-order valence-corrected chi connectivity index (χ2v) is 4.67. The van der Waals surface area contributed by atoms with Crippen LogP contribution in [-0.2, 0) is 6.54 Å². The third-order valence-corrected chi connectivity index (χ3v) is 3.18. The molecule has 4 heteroatoms. The molecule has 0 atom stereocenters. The Morgan fingerprint density at radius 2 is 2.16 bits per heavy atom. The van der Waals surface area contributed by atoms with E-state index in [9.17, 15) is 4.79 Å². The van der Waals surface area contributed by atoms with Gasteiger partial charge in [0.05, 0.1) is 6.54 Å². The zero-order chi connectivity index (χ0) is 13.4. The quantitative estimate of drug-likeness (QED) is 0.674. The molecule has 0 bridgehead atoms. The number of ketones is 1. The first-order valence-corrected chi connectivity index (χ1v) is 6.16. The number of rotatable bonds is 3. The van der Waals surface area contributed by atoms with Gasteiger partial charge in [0.1, 0.15) is 11.5 Å². The molecule has 0 amide bonds. The molecule has 0 unspecified atom stereocenters. The summed E-state index contributed by atoms with van der Waals surface area (Å²) in [7, 11) is 0. The largest absolute Gasteiger partial charge is 0.361 e. The Hall–Kier alpha value is -2.36. The number of aryl methyl sites for hydroxylation is 1. The van der Waals surface area contributed by atoms with Gasteiger partial charge in [0.25, 0.3) is 0 Å². The molecule has 19 heavy (non-hydrogen) atoms. The van der Waals surface area contributed by atoms with Gasteiger partial charge in [0.15, 0.2) is 5.78 Å². The summed E-state index contributed by atoms with van der Waals surface area (Å²) in [6.07, 6.45) is 1.89. The van der Waals surface area contributed by atoms with Crippen LogP contribution in [0.1, 0.15) is 28.7 Å². The number of carbonyl (C=O) groups is 1. The van der Waals surface area contributed by atoms with E-state index in [-0.39, 0.29) is 5.78 Å². The maximum absolute atomic E-state index is 11.7. The Labute approximate surface area is 110 Å². The van der Waals surface area contributed by atoms with Crippen molar-refractivity contribution in [3.8, 4) is 0 Å². The van der Waals surface area contributed by atoms with Crippen LogP contribution in [-0.4, -0.2) is 15.5 Å². The fraction of sp³-hybridized carbons (Fsp3) is 0.200. The highest BCUT2D eigenvalue weighted by Crippen LogP contribution is 2.22. The highest BCUT2D eigenvalue weighted by molar-refractivity contribution is 6.06. The summed E-state index contributed by atoms with van der Waals surface area (Å²) in [4.78, 5) is 11.7. The van der Waals surface area contributed by atoms with E-state index in [1.54, 1.807) is 6.92 Å². The molecule has 0 radical (unpaired) electrons. The second kappa shape index (κ2) is 4.39. The van der Waals surface area contributed by atoms with Crippen molar-refractivity contribution in [2.75, 3.05) is 0 Å². The lowest BCUT2D eigenvalue weighted by atomic mass is 10.1. The molecular weight excluding hydrogens is 240 g/mol. The van der Waals surface area contributed by atoms with E-state index < -0.39 is 0 Å². The zero-order valence-electron chi connectivity index (χ0n) is 10.9. The number of nitrogens with zero attached hydrogens (tertiary/aromatic N) is 2. The zero-order valence-corrected chi connectivity index (χ0v) is 10.9. The SMILES string of the molecule is CC(=O)c1cn(Cc2cc(C)on2)c2ccccc12. The Morgan fingerprint density at radius 1 is 1.37 bits per heavy atom. The van der Waals surface area contributed by atoms with Crippen LogP contribution in [0.3, 0.4) is 0 Å². The molecule has 2 heterocycles. The number of benzene rings is 1. The van der Waals surface area contributed by atoms with Crippen LogP contribution in [0.15, 0.2) is 41.1 Å². The normalized spacial score (nSPS) is 11.1. The molecule has 96 valence electrons. The number of aromatic nitrogens is 2. The molecule has 0 saturated heterocycles. The summed E-state index contributed by atoms with van der Waals surface area (Å²) in [6.45, 7) is 4.06. The lowest BCUT2D eigenvalue weighted by molar-refractivity contribution is 0.101. The summed E-state index contributed by atoms with van der Waals surface area (Å²) in [6, 6.07) is 9.80. The Morgan fingerprint density at radius 3 is 2.84 bits per heavy atom. The van der Waals surface area contributed by atoms with E-state index in [1.807, 2.05) is 48.0 Å². The standard InChI is InChI=1S/C15H14N2O2/c1-10-7-12(16-19-10)8-17-9-14(11(2)18)13-5-3-4-6-15(13)17/h3-7,9H,8H2,1-2H3. The van der Waals surface area contributed by atoms with Crippen molar-refractivity contribution in [1.82, 2.24) is 9.72 Å². The van der Waals surface area contributed by atoms with Crippen LogP contribution in [0.4, 0.5) is 0 Å². The van der Waals surface area contributed by atoms with Gasteiger partial charge in [-0.15, -0.1) is 0 Å². The summed E-state index contributed by atoms with van der Waals surface area (Å²) < 4.78 is 7.10. The van der Waals surface area contributed by atoms with Crippen molar-refractivity contribution >= 4 is 16.7 Å². The van der Waals surface area contributed by atoms with Crippen LogP contribution < -0.4 is 0 Å². The smallest absolute Gasteiger partial charge is 0.161 e. The van der Waals surface area contributed by atoms with Crippen LogP contribution in [0, 0.1) is 6.92 Å². The minimum Gasteiger partial charge on any atom is -0.361 e. The number of Topliss-reactive ketones (excluding diaryl/α,β-unsaturated/α-hetero) is 1. The third-order valence-electron chi connectivity index (χ3n) is 3.18. The highest BCUT2D eigenvalue weighted by atomic mass is 16.5. The molecule has 0 aliphatic carbocycles. The van der Waals surface area contributed by atoms with Crippen LogP contribution >= 0.6 is 0 Å². The van der Waals surface area contributed by atoms with Gasteiger partial charge >= 0.3 is 0 Å². The third kappa shape index (κ3) is 2.05. The molecular formula is C15H14N2O2. The summed E-state index contributed by atoms with van der Waals surface area (Å²) in [5, 5.41) is 4.97. The predicted molar refractivity (Wildman–Crippen MR) is 72.3 cm³/mol. The van der Waals surface area contributed by atoms with Gasteiger partial charge in [-0.3, -0.25) is 4.79 Å². The first kappa shape index (κ1) is 11.7. The van der Waals surface area contributed by atoms with Crippen LogP contribution in [0.25, 0.3) is 10.9 Å². The average Bonchev–Trinajstić information content (AvgIpc) is 2.95. The average molecular weight is 254 g/mol. The first-order chi connectivity index (χ1) is 9.15. The molecule has 4 nitrogen and oxygen atoms in total. The van der Waals surface area contributed by atoms with Gasteiger partial charge in [-0.25, -0.2) is 0 Å². The predicted octanol–water partition coefficient (Wildman–Crippen LogP) is 3.19. The van der Waals surface area contributed by atoms with Crippen molar-refractivity contribution in [1.29, 1.82) is 0 Å². The van der Waals surface area contributed by atoms with Gasteiger partial charge in [0, 0.05) is 28.7 Å². The van der Waals surface area contributed by atoms with E-state index in [1.165, 1.54) is 0 Å². The topological polar surface area (TPSA) is 48.0 Å². The molecule has 3 rings (SSSR count). The number of hydrogen-bond acceptors (Lipinski definition) is 3. The van der Waals surface area contributed by atoms with Gasteiger partial charge in [-0.05, 0) is 19.9 Å². The molecule has 2 aromatic heterocycles. The van der Waals surface area contributed by atoms with E-state index in [2.05, 4.69) is 5.16 Å². The fourth-order valence-corrected chi connectivity index (χ4v) is 2.33. The number of hydrogen-bond donors (Lipinski definition) is 0. The number of para-hydroxylation sites is 1. The van der Waals surface area contributed by atoms with E-state index in [4.69, 9.17) is 4.52 Å². The maximum Gasteiger partial charge on any atom is 0.161 e. The van der Waals surface area contributed by atoms with E-state index in [0.717, 1.165) is 27.9 Å². The van der Waals surface area contributed by atoms with Gasteiger partial charge in [0.2, 0.25) is 0 Å². The van der Waals surface area contributed by atoms with E-state index in [0.29, 0.717) is 6.54 Å². The molecule has 0 N–H and O–H groups in total. The van der Waals surface area contributed by atoms with E-state index >= 15 is 0 Å². The second-order valence-electron chi connectivity index (χ2n) is 4.67. The Balaban J connectivity index is 2.11. The minimum atomic E-state index is 0.0753. The van der Waals surface area contributed by atoms with Gasteiger partial charge in [-0.1, -0.05) is 23.4 Å². The molecule has 0 fully saturated rings. The molecule has 0 aliphatic rings. The fourth-order valence-electron chi connectivity index (χ4n) is 2.33. The van der Waals surface area contributed by atoms with Crippen LogP contribution in [0.2, 0.25) is 0 Å². The van der Waals surface area contributed by atoms with Gasteiger partial charge in [-0.2, -0.15) is 0 Å². The monoisotopic (exact) mass is 254 g/mol. The van der Waals surface area contributed by atoms with Crippen molar-refractivity contribution < 1.29 is 9.32 Å². The van der Waals surface area contributed by atoms with Crippen molar-refractivity contribution in [2.24, 2.45) is 0 Å². The number of fused-ring (bicyclic) bond motifs is 1. The molecule has 1 aromatic carbocycles. The number of carbonyl (C=O) groups excluding carboxylic acids is 1.